The summed E-state index contributed by atoms with van der Waals surface area (Å²) in [5.74, 6) is 0.913. The van der Waals surface area contributed by atoms with E-state index >= 15 is 0 Å². The van der Waals surface area contributed by atoms with E-state index in [9.17, 15) is 0 Å². The Kier molecular flexibility index (Phi) is 3.18. The standard InChI is InChI=1S/C9H10Br2O/c1-5-6(2)9(12-3)8(11)4-7(5)10/h4H,1-3H3. The Hall–Kier alpha value is -0.0200. The third-order valence-corrected chi connectivity index (χ3v) is 3.35. The lowest BCUT2D eigenvalue weighted by molar-refractivity contribution is 0.408. The van der Waals surface area contributed by atoms with Gasteiger partial charge in [-0.3, -0.25) is 0 Å². The molecular formula is C9H10Br2O. The van der Waals surface area contributed by atoms with Gasteiger partial charge in [0.15, 0.2) is 0 Å². The summed E-state index contributed by atoms with van der Waals surface area (Å²) in [7, 11) is 1.68. The zero-order chi connectivity index (χ0) is 9.30. The Morgan fingerprint density at radius 3 is 2.17 bits per heavy atom. The summed E-state index contributed by atoms with van der Waals surface area (Å²) in [5, 5.41) is 0. The van der Waals surface area contributed by atoms with Gasteiger partial charge in [0.2, 0.25) is 0 Å². The van der Waals surface area contributed by atoms with Crippen molar-refractivity contribution in [1.29, 1.82) is 0 Å². The summed E-state index contributed by atoms with van der Waals surface area (Å²) in [4.78, 5) is 0. The minimum Gasteiger partial charge on any atom is -0.495 e. The number of hydrogen-bond donors (Lipinski definition) is 0. The summed E-state index contributed by atoms with van der Waals surface area (Å²) >= 11 is 6.91. The van der Waals surface area contributed by atoms with E-state index in [0.717, 1.165) is 14.7 Å². The second kappa shape index (κ2) is 3.79. The van der Waals surface area contributed by atoms with Gasteiger partial charge in [0.05, 0.1) is 11.6 Å². The SMILES string of the molecule is COc1c(Br)cc(Br)c(C)c1C. The fourth-order valence-electron chi connectivity index (χ4n) is 1.06. The van der Waals surface area contributed by atoms with E-state index < -0.39 is 0 Å². The molecule has 0 radical (unpaired) electrons. The highest BCUT2D eigenvalue weighted by molar-refractivity contribution is 9.11. The van der Waals surface area contributed by atoms with Crippen LogP contribution in [0.15, 0.2) is 15.0 Å². The van der Waals surface area contributed by atoms with Crippen molar-refractivity contribution in [3.63, 3.8) is 0 Å². The van der Waals surface area contributed by atoms with Crippen LogP contribution in [-0.4, -0.2) is 7.11 Å². The number of benzene rings is 1. The van der Waals surface area contributed by atoms with Crippen LogP contribution >= 0.6 is 31.9 Å². The quantitative estimate of drug-likeness (QED) is 0.764. The van der Waals surface area contributed by atoms with Crippen LogP contribution in [0.1, 0.15) is 11.1 Å². The van der Waals surface area contributed by atoms with Crippen LogP contribution in [0, 0.1) is 13.8 Å². The zero-order valence-corrected chi connectivity index (χ0v) is 10.4. The molecular weight excluding hydrogens is 284 g/mol. The third-order valence-electron chi connectivity index (χ3n) is 1.94. The first-order chi connectivity index (χ1) is 5.57. The topological polar surface area (TPSA) is 9.23 Å². The average Bonchev–Trinajstić information content (AvgIpc) is 2.01. The van der Waals surface area contributed by atoms with Crippen LogP contribution in [0.5, 0.6) is 5.75 Å². The van der Waals surface area contributed by atoms with E-state index in [2.05, 4.69) is 38.8 Å². The summed E-state index contributed by atoms with van der Waals surface area (Å²) in [6, 6.07) is 2.00. The van der Waals surface area contributed by atoms with Crippen molar-refractivity contribution >= 4 is 31.9 Å². The Labute approximate surface area is 89.4 Å². The molecule has 0 saturated heterocycles. The van der Waals surface area contributed by atoms with Crippen molar-refractivity contribution in [3.8, 4) is 5.75 Å². The van der Waals surface area contributed by atoms with Crippen LogP contribution in [0.4, 0.5) is 0 Å². The van der Waals surface area contributed by atoms with E-state index in [4.69, 9.17) is 4.74 Å². The molecule has 0 N–H and O–H groups in total. The summed E-state index contributed by atoms with van der Waals surface area (Å²) in [5.41, 5.74) is 2.38. The molecule has 3 heteroatoms. The molecule has 0 aliphatic heterocycles. The van der Waals surface area contributed by atoms with Gasteiger partial charge in [0.1, 0.15) is 5.75 Å². The Morgan fingerprint density at radius 1 is 1.08 bits per heavy atom. The van der Waals surface area contributed by atoms with Crippen LogP contribution in [0.25, 0.3) is 0 Å². The van der Waals surface area contributed by atoms with Crippen molar-refractivity contribution in [2.45, 2.75) is 13.8 Å². The number of methoxy groups -OCH3 is 1. The van der Waals surface area contributed by atoms with Gasteiger partial charge in [-0.15, -0.1) is 0 Å². The van der Waals surface area contributed by atoms with Gasteiger partial charge in [-0.1, -0.05) is 15.9 Å². The molecule has 0 aliphatic carbocycles. The van der Waals surface area contributed by atoms with Crippen LogP contribution in [0.2, 0.25) is 0 Å². The van der Waals surface area contributed by atoms with Gasteiger partial charge in [-0.2, -0.15) is 0 Å². The van der Waals surface area contributed by atoms with Gasteiger partial charge < -0.3 is 4.74 Å². The van der Waals surface area contributed by atoms with E-state index in [1.807, 2.05) is 13.0 Å². The van der Waals surface area contributed by atoms with E-state index in [-0.39, 0.29) is 0 Å². The number of hydrogen-bond acceptors (Lipinski definition) is 1. The van der Waals surface area contributed by atoms with Crippen molar-refractivity contribution in [1.82, 2.24) is 0 Å². The van der Waals surface area contributed by atoms with Crippen molar-refractivity contribution in [2.24, 2.45) is 0 Å². The van der Waals surface area contributed by atoms with E-state index in [1.165, 1.54) is 11.1 Å². The highest BCUT2D eigenvalue weighted by Gasteiger charge is 2.09. The van der Waals surface area contributed by atoms with Crippen LogP contribution < -0.4 is 4.74 Å². The molecule has 12 heavy (non-hydrogen) atoms. The molecule has 66 valence electrons. The molecule has 0 heterocycles. The largest absolute Gasteiger partial charge is 0.495 e. The van der Waals surface area contributed by atoms with Crippen LogP contribution in [-0.2, 0) is 0 Å². The van der Waals surface area contributed by atoms with Crippen molar-refractivity contribution in [3.05, 3.63) is 26.1 Å². The smallest absolute Gasteiger partial charge is 0.136 e. The lowest BCUT2D eigenvalue weighted by Crippen LogP contribution is -1.92. The maximum atomic E-state index is 5.24. The second-order valence-electron chi connectivity index (χ2n) is 2.62. The molecule has 0 aliphatic rings. The molecule has 0 spiro atoms. The minimum absolute atomic E-state index is 0.913. The molecule has 1 aromatic carbocycles. The summed E-state index contributed by atoms with van der Waals surface area (Å²) < 4.78 is 7.33. The lowest BCUT2D eigenvalue weighted by atomic mass is 10.1. The molecule has 0 unspecified atom stereocenters. The Bertz CT molecular complexity index is 308. The number of halogens is 2. The average molecular weight is 294 g/mol. The normalized spacial score (nSPS) is 10.1. The van der Waals surface area contributed by atoms with Gasteiger partial charge in [-0.05, 0) is 47.0 Å². The molecule has 1 rings (SSSR count). The first kappa shape index (κ1) is 10.1. The molecule has 0 bridgehead atoms. The molecule has 0 aromatic heterocycles. The highest BCUT2D eigenvalue weighted by atomic mass is 79.9. The lowest BCUT2D eigenvalue weighted by Gasteiger charge is -2.11. The second-order valence-corrected chi connectivity index (χ2v) is 4.33. The van der Waals surface area contributed by atoms with Gasteiger partial charge in [0, 0.05) is 4.47 Å². The maximum Gasteiger partial charge on any atom is 0.136 e. The molecule has 0 amide bonds. The molecule has 0 atom stereocenters. The highest BCUT2D eigenvalue weighted by Crippen LogP contribution is 2.35. The van der Waals surface area contributed by atoms with Gasteiger partial charge in [-0.25, -0.2) is 0 Å². The molecule has 1 nitrogen and oxygen atoms in total. The molecule has 0 fully saturated rings. The fourth-order valence-corrected chi connectivity index (χ4v) is 2.59. The maximum absolute atomic E-state index is 5.24. The number of rotatable bonds is 1. The monoisotopic (exact) mass is 292 g/mol. The first-order valence-electron chi connectivity index (χ1n) is 3.57. The van der Waals surface area contributed by atoms with Crippen LogP contribution in [0.3, 0.4) is 0 Å². The summed E-state index contributed by atoms with van der Waals surface area (Å²) in [6.45, 7) is 4.11. The minimum atomic E-state index is 0.913. The molecule has 0 saturated carbocycles. The fraction of sp³-hybridized carbons (Fsp3) is 0.333. The van der Waals surface area contributed by atoms with Crippen molar-refractivity contribution < 1.29 is 4.74 Å². The van der Waals surface area contributed by atoms with Crippen molar-refractivity contribution in [2.75, 3.05) is 7.11 Å². The first-order valence-corrected chi connectivity index (χ1v) is 5.15. The summed E-state index contributed by atoms with van der Waals surface area (Å²) in [6.07, 6.45) is 0. The van der Waals surface area contributed by atoms with E-state index in [0.29, 0.717) is 0 Å². The van der Waals surface area contributed by atoms with Gasteiger partial charge in [0.25, 0.3) is 0 Å². The Morgan fingerprint density at radius 2 is 1.67 bits per heavy atom. The third kappa shape index (κ3) is 1.67. The zero-order valence-electron chi connectivity index (χ0n) is 7.24. The molecule has 1 aromatic rings. The predicted molar refractivity (Wildman–Crippen MR) is 57.9 cm³/mol. The number of ether oxygens (including phenoxy) is 1. The Balaban J connectivity index is 3.40. The van der Waals surface area contributed by atoms with Gasteiger partial charge >= 0.3 is 0 Å². The van der Waals surface area contributed by atoms with E-state index in [1.54, 1.807) is 7.11 Å². The predicted octanol–water partition coefficient (Wildman–Crippen LogP) is 3.84.